The molecule has 0 unspecified atom stereocenters. The van der Waals surface area contributed by atoms with Gasteiger partial charge in [-0.15, -0.1) is 0 Å². The Kier molecular flexibility index (Phi) is 4.45. The summed E-state index contributed by atoms with van der Waals surface area (Å²) in [5, 5.41) is 13.0. The molecule has 0 saturated heterocycles. The molecule has 0 spiro atoms. The average Bonchev–Trinajstić information content (AvgIpc) is 2.95. The minimum atomic E-state index is -0.367. The van der Waals surface area contributed by atoms with Crippen molar-refractivity contribution in [3.05, 3.63) is 0 Å². The zero-order valence-corrected chi connectivity index (χ0v) is 12.2. The van der Waals surface area contributed by atoms with E-state index in [4.69, 9.17) is 0 Å². The fraction of sp³-hybridized carbons (Fsp3) is 0.857. The van der Waals surface area contributed by atoms with Crippen LogP contribution >= 0.6 is 0 Å². The van der Waals surface area contributed by atoms with Crippen molar-refractivity contribution in [2.75, 3.05) is 27.2 Å². The summed E-state index contributed by atoms with van der Waals surface area (Å²) in [6, 6.07) is -0.367. The number of nitrogens with one attached hydrogen (secondary N) is 1. The third kappa shape index (κ3) is 2.91. The number of hydrogen-bond acceptors (Lipinski definition) is 3. The largest absolute Gasteiger partial charge is 0.530 e. The average molecular weight is 268 g/mol. The van der Waals surface area contributed by atoms with Crippen LogP contribution in [0.5, 0.6) is 0 Å². The van der Waals surface area contributed by atoms with Crippen LogP contribution < -0.4 is 5.32 Å². The Morgan fingerprint density at radius 1 is 1.47 bits per heavy atom. The van der Waals surface area contributed by atoms with Crippen molar-refractivity contribution in [1.29, 1.82) is 0 Å². The van der Waals surface area contributed by atoms with E-state index in [1.165, 1.54) is 6.42 Å². The lowest BCUT2D eigenvalue weighted by atomic mass is 9.86. The van der Waals surface area contributed by atoms with E-state index in [-0.39, 0.29) is 6.03 Å². The lowest BCUT2D eigenvalue weighted by molar-refractivity contribution is -0.702. The number of urea groups is 1. The first-order valence-electron chi connectivity index (χ1n) is 7.32. The Balaban J connectivity index is 2.16. The predicted molar refractivity (Wildman–Crippen MR) is 73.6 cm³/mol. The van der Waals surface area contributed by atoms with Gasteiger partial charge in [-0.1, -0.05) is 6.92 Å². The molecular formula is C14H26N3O2+. The van der Waals surface area contributed by atoms with Crippen LogP contribution in [-0.2, 0) is 0 Å². The molecule has 2 fully saturated rings. The van der Waals surface area contributed by atoms with E-state index >= 15 is 0 Å². The molecule has 2 rings (SSSR count). The van der Waals surface area contributed by atoms with Crippen LogP contribution in [0.3, 0.4) is 0 Å². The smallest absolute Gasteiger partial charge is 0.347 e. The summed E-state index contributed by atoms with van der Waals surface area (Å²) in [5.41, 5.74) is 0.943. The number of hydrogen-bond donors (Lipinski definition) is 2. The maximum atomic E-state index is 11.9. The number of hydroxylamine groups is 1. The van der Waals surface area contributed by atoms with Gasteiger partial charge in [0.05, 0.1) is 6.54 Å². The molecule has 3 atom stereocenters. The monoisotopic (exact) mass is 268 g/mol. The van der Waals surface area contributed by atoms with Crippen LogP contribution in [0.15, 0.2) is 0 Å². The van der Waals surface area contributed by atoms with Crippen LogP contribution in [0.2, 0.25) is 0 Å². The Morgan fingerprint density at radius 3 is 2.84 bits per heavy atom. The highest BCUT2D eigenvalue weighted by atomic mass is 16.5. The van der Waals surface area contributed by atoms with Gasteiger partial charge in [-0.2, -0.15) is 4.79 Å². The molecule has 19 heavy (non-hydrogen) atoms. The van der Waals surface area contributed by atoms with Gasteiger partial charge in [-0.3, -0.25) is 0 Å². The van der Waals surface area contributed by atoms with Gasteiger partial charge in [0.25, 0.3) is 0 Å². The Morgan fingerprint density at radius 2 is 2.21 bits per heavy atom. The SMILES string of the molecule is CCCNC(=O)/[N+](O)=C1\[C@H]2CC[C@H](C2)[C@@H]1CN(C)C. The number of amides is 2. The van der Waals surface area contributed by atoms with Crippen LogP contribution in [-0.4, -0.2) is 53.8 Å². The summed E-state index contributed by atoms with van der Waals surface area (Å²) < 4.78 is 0.910. The van der Waals surface area contributed by atoms with Gasteiger partial charge in [0.2, 0.25) is 0 Å². The molecule has 5 heteroatoms. The minimum Gasteiger partial charge on any atom is -0.347 e. The lowest BCUT2D eigenvalue weighted by Gasteiger charge is -2.25. The summed E-state index contributed by atoms with van der Waals surface area (Å²) in [6.45, 7) is 3.52. The second kappa shape index (κ2) is 5.90. The summed E-state index contributed by atoms with van der Waals surface area (Å²) in [4.78, 5) is 14.1. The molecule has 0 aromatic rings. The molecule has 2 N–H and O–H groups in total. The van der Waals surface area contributed by atoms with E-state index in [9.17, 15) is 10.0 Å². The van der Waals surface area contributed by atoms with E-state index in [0.717, 1.165) is 36.3 Å². The first-order chi connectivity index (χ1) is 9.04. The molecule has 2 aliphatic carbocycles. The second-order valence-electron chi connectivity index (χ2n) is 6.11. The van der Waals surface area contributed by atoms with Gasteiger partial charge in [0.15, 0.2) is 0 Å². The van der Waals surface area contributed by atoms with Crippen molar-refractivity contribution in [3.8, 4) is 0 Å². The zero-order chi connectivity index (χ0) is 14.0. The summed E-state index contributed by atoms with van der Waals surface area (Å²) >= 11 is 0. The molecule has 108 valence electrons. The van der Waals surface area contributed by atoms with Gasteiger partial charge in [-0.25, -0.2) is 5.32 Å². The molecule has 2 saturated carbocycles. The van der Waals surface area contributed by atoms with Gasteiger partial charge >= 0.3 is 6.03 Å². The number of carbonyl (C=O) groups excluding carboxylic acids is 1. The number of rotatable bonds is 4. The van der Waals surface area contributed by atoms with Gasteiger partial charge in [-0.05, 0) is 50.4 Å². The van der Waals surface area contributed by atoms with Crippen LogP contribution in [0.4, 0.5) is 4.79 Å². The molecule has 0 heterocycles. The Labute approximate surface area is 115 Å². The normalized spacial score (nSPS) is 31.9. The first kappa shape index (κ1) is 14.3. The highest BCUT2D eigenvalue weighted by Gasteiger charge is 2.49. The van der Waals surface area contributed by atoms with E-state index in [1.54, 1.807) is 0 Å². The molecule has 2 amide bonds. The maximum absolute atomic E-state index is 11.9. The molecule has 2 aliphatic rings. The van der Waals surface area contributed by atoms with Crippen molar-refractivity contribution < 1.29 is 14.7 Å². The number of nitrogens with zero attached hydrogens (tertiary/aromatic N) is 2. The maximum Gasteiger partial charge on any atom is 0.530 e. The molecular weight excluding hydrogens is 242 g/mol. The molecule has 0 aliphatic heterocycles. The standard InChI is InChI=1S/C14H25N3O2/c1-4-7-15-14(18)17(19)13-11-6-5-10(8-11)12(13)9-16(2)3/h10-12H,4-9H2,1-3H3,(H-,15,18,19)/p+1/b17-13-/t10-,11+,12+/m1/s1. The van der Waals surface area contributed by atoms with E-state index in [1.807, 2.05) is 21.0 Å². The molecule has 0 aromatic carbocycles. The van der Waals surface area contributed by atoms with Crippen molar-refractivity contribution in [2.45, 2.75) is 32.6 Å². The quantitative estimate of drug-likeness (QED) is 0.352. The van der Waals surface area contributed by atoms with Crippen LogP contribution in [0.1, 0.15) is 32.6 Å². The number of carbonyl (C=O) groups is 1. The van der Waals surface area contributed by atoms with Crippen LogP contribution in [0, 0.1) is 17.8 Å². The minimum absolute atomic E-state index is 0.325. The zero-order valence-electron chi connectivity index (χ0n) is 12.2. The van der Waals surface area contributed by atoms with Gasteiger partial charge in [0, 0.05) is 18.4 Å². The Hall–Kier alpha value is -1.10. The van der Waals surface area contributed by atoms with Crippen molar-refractivity contribution in [2.24, 2.45) is 17.8 Å². The lowest BCUT2D eigenvalue weighted by Crippen LogP contribution is -2.42. The predicted octanol–water partition coefficient (Wildman–Crippen LogP) is 1.56. The van der Waals surface area contributed by atoms with E-state index < -0.39 is 0 Å². The first-order valence-corrected chi connectivity index (χ1v) is 7.32. The Bertz CT molecular complexity index is 379. The highest BCUT2D eigenvalue weighted by molar-refractivity contribution is 5.91. The fourth-order valence-electron chi connectivity index (χ4n) is 3.58. The van der Waals surface area contributed by atoms with Gasteiger partial charge < -0.3 is 10.1 Å². The molecule has 2 bridgehead atoms. The fourth-order valence-corrected chi connectivity index (χ4v) is 3.58. The summed E-state index contributed by atoms with van der Waals surface area (Å²) in [5.74, 6) is 1.36. The third-order valence-corrected chi connectivity index (χ3v) is 4.37. The topological polar surface area (TPSA) is 55.6 Å². The van der Waals surface area contributed by atoms with E-state index in [0.29, 0.717) is 24.3 Å². The van der Waals surface area contributed by atoms with Gasteiger partial charge in [0.1, 0.15) is 5.71 Å². The highest BCUT2D eigenvalue weighted by Crippen LogP contribution is 2.46. The second-order valence-corrected chi connectivity index (χ2v) is 6.11. The van der Waals surface area contributed by atoms with E-state index in [2.05, 4.69) is 10.2 Å². The molecule has 0 aromatic heterocycles. The molecule has 5 nitrogen and oxygen atoms in total. The van der Waals surface area contributed by atoms with Crippen molar-refractivity contribution in [3.63, 3.8) is 0 Å². The van der Waals surface area contributed by atoms with Crippen molar-refractivity contribution in [1.82, 2.24) is 10.2 Å². The summed E-state index contributed by atoms with van der Waals surface area (Å²) in [7, 11) is 4.09. The van der Waals surface area contributed by atoms with Crippen molar-refractivity contribution >= 4 is 11.7 Å². The summed E-state index contributed by atoms with van der Waals surface area (Å²) in [6.07, 6.45) is 4.35. The molecule has 0 radical (unpaired) electrons. The van der Waals surface area contributed by atoms with Crippen LogP contribution in [0.25, 0.3) is 0 Å². The third-order valence-electron chi connectivity index (χ3n) is 4.37. The number of fused-ring (bicyclic) bond motifs is 2.